The quantitative estimate of drug-likeness (QED) is 0.0461. The molecule has 0 aliphatic carbocycles. The molecule has 4 aromatic carbocycles. The van der Waals surface area contributed by atoms with Crippen molar-refractivity contribution in [2.24, 2.45) is 22.2 Å². The molecule has 3 N–H and O–H groups in total. The molecule has 2 spiro atoms. The number of carbonyl (C=O) groups excluding carboxylic acids is 7. The first-order chi connectivity index (χ1) is 45.3. The largest absolute Gasteiger partial charge is 0.466 e. The van der Waals surface area contributed by atoms with E-state index in [0.29, 0.717) is 101 Å². The Morgan fingerprint density at radius 3 is 1.31 bits per heavy atom. The molecule has 0 aromatic heterocycles. The first-order valence-electron chi connectivity index (χ1n) is 33.0. The number of fused-ring (bicyclic) bond motifs is 2. The van der Waals surface area contributed by atoms with Gasteiger partial charge in [-0.05, 0) is 183 Å². The van der Waals surface area contributed by atoms with Gasteiger partial charge in [0.25, 0.3) is 11.4 Å². The Bertz CT molecular complexity index is 3350. The van der Waals surface area contributed by atoms with E-state index in [-0.39, 0.29) is 76.6 Å². The zero-order chi connectivity index (χ0) is 70.7. The highest BCUT2D eigenvalue weighted by atomic mass is 79.9. The fourth-order valence-electron chi connectivity index (χ4n) is 12.2. The molecule has 25 heteroatoms. The van der Waals surface area contributed by atoms with E-state index in [1.807, 2.05) is 77.9 Å². The minimum absolute atomic E-state index is 0.0132. The van der Waals surface area contributed by atoms with Crippen LogP contribution in [0.5, 0.6) is 0 Å². The van der Waals surface area contributed by atoms with Crippen LogP contribution in [0.15, 0.2) is 97.1 Å². The van der Waals surface area contributed by atoms with Crippen molar-refractivity contribution in [2.45, 2.75) is 169 Å². The molecule has 0 radical (unpaired) electrons. The Morgan fingerprint density at radius 1 is 0.531 bits per heavy atom. The van der Waals surface area contributed by atoms with Crippen molar-refractivity contribution in [3.63, 3.8) is 0 Å². The Labute approximate surface area is 572 Å². The molecule has 24 nitrogen and oxygen atoms in total. The maximum absolute atomic E-state index is 12.8. The van der Waals surface area contributed by atoms with Crippen LogP contribution in [-0.4, -0.2) is 149 Å². The molecule has 96 heavy (non-hydrogen) atoms. The second kappa shape index (κ2) is 34.2. The highest BCUT2D eigenvalue weighted by Crippen LogP contribution is 2.43. The van der Waals surface area contributed by atoms with Crippen LogP contribution in [0.3, 0.4) is 0 Å². The number of ether oxygens (including phenoxy) is 5. The third kappa shape index (κ3) is 21.9. The summed E-state index contributed by atoms with van der Waals surface area (Å²) in [6, 6.07) is 29.2. The zero-order valence-electron chi connectivity index (χ0n) is 57.5. The standard InChI is InChI=1S/C20H28N2O6.C18H24N2O3.C13H16N2O.C13H23NO4.C7H6BrNO2/c1-5-27-17(23)20(14-15-8-6-7-9-16(15)22(25)26)10-12-21(13-11-20)18(24)28-19(2,3)4;1-17(2,3)23-16(22)20-10-8-18(9-11-20)12-13-6-4-5-7-14(13)19-15(18)21;16-12-13(5-7-14-8-6-13)9-10-3-1-2-4-11(10)15-12;1-5-17-11(15)10-6-8-14(9-7-10)12(16)18-13(2,3)4;8-5-6-3-1-2-4-7(6)9(10)11/h6-9H,5,10-14H2,1-4H3;4-7H,8-12H2,1-3H3,(H,19,21);1-4,14H,5-9H2,(H,15,16);10H,5-9H2,1-4H3;1-4H,5H2. The van der Waals surface area contributed by atoms with E-state index >= 15 is 0 Å². The summed E-state index contributed by atoms with van der Waals surface area (Å²) in [7, 11) is 0. The lowest BCUT2D eigenvalue weighted by Gasteiger charge is -2.43. The number of nitrogens with one attached hydrogen (secondary N) is 3. The van der Waals surface area contributed by atoms with E-state index < -0.39 is 38.6 Å². The third-order valence-corrected chi connectivity index (χ3v) is 18.0. The van der Waals surface area contributed by atoms with Crippen LogP contribution in [0.25, 0.3) is 0 Å². The molecule has 10 rings (SSSR count). The number of hydrogen-bond acceptors (Lipinski definition) is 17. The first-order valence-corrected chi connectivity index (χ1v) is 34.2. The molecule has 6 aliphatic heterocycles. The lowest BCUT2D eigenvalue weighted by Crippen LogP contribution is -2.51. The van der Waals surface area contributed by atoms with E-state index in [2.05, 4.69) is 44.0 Å². The lowest BCUT2D eigenvalue weighted by atomic mass is 9.71. The number of nitro groups is 2. The van der Waals surface area contributed by atoms with Crippen LogP contribution in [0.1, 0.15) is 150 Å². The number of rotatable bonds is 9. The van der Waals surface area contributed by atoms with E-state index in [1.165, 1.54) is 23.3 Å². The fraction of sp³-hybridized carbons (Fsp3) is 0.563. The molecule has 4 fully saturated rings. The van der Waals surface area contributed by atoms with Crippen molar-refractivity contribution < 1.29 is 67.1 Å². The number of para-hydroxylation sites is 4. The van der Waals surface area contributed by atoms with Crippen LogP contribution in [0, 0.1) is 42.4 Å². The van der Waals surface area contributed by atoms with Gasteiger partial charge in [0.05, 0.1) is 45.2 Å². The number of anilines is 2. The predicted octanol–water partition coefficient (Wildman–Crippen LogP) is 13.2. The van der Waals surface area contributed by atoms with Gasteiger partial charge in [-0.1, -0.05) is 88.7 Å². The molecule has 0 saturated carbocycles. The highest BCUT2D eigenvalue weighted by Gasteiger charge is 2.48. The summed E-state index contributed by atoms with van der Waals surface area (Å²) >= 11 is 3.17. The average Bonchev–Trinajstić information content (AvgIpc) is 0.780. The van der Waals surface area contributed by atoms with Gasteiger partial charge in [0, 0.05) is 79.2 Å². The minimum Gasteiger partial charge on any atom is -0.466 e. The van der Waals surface area contributed by atoms with Gasteiger partial charge in [0.2, 0.25) is 11.8 Å². The summed E-state index contributed by atoms with van der Waals surface area (Å²) in [5, 5.41) is 31.6. The topological polar surface area (TPSA) is 298 Å². The first kappa shape index (κ1) is 76.8. The molecule has 524 valence electrons. The number of alkyl halides is 1. The van der Waals surface area contributed by atoms with Gasteiger partial charge in [-0.2, -0.15) is 0 Å². The smallest absolute Gasteiger partial charge is 0.410 e. The van der Waals surface area contributed by atoms with E-state index in [9.17, 15) is 53.8 Å². The Morgan fingerprint density at radius 2 is 0.906 bits per heavy atom. The highest BCUT2D eigenvalue weighted by molar-refractivity contribution is 9.08. The molecule has 4 saturated heterocycles. The van der Waals surface area contributed by atoms with E-state index in [4.69, 9.17) is 23.7 Å². The van der Waals surface area contributed by atoms with Crippen LogP contribution in [0.4, 0.5) is 37.1 Å². The number of esters is 2. The normalized spacial score (nSPS) is 17.7. The number of halogens is 1. The number of amides is 5. The number of carbonyl (C=O) groups is 7. The number of benzene rings is 4. The Kier molecular flexibility index (Phi) is 27.3. The van der Waals surface area contributed by atoms with Crippen LogP contribution in [-0.2, 0) is 67.5 Å². The predicted molar refractivity (Wildman–Crippen MR) is 367 cm³/mol. The van der Waals surface area contributed by atoms with Crippen molar-refractivity contribution in [3.8, 4) is 0 Å². The molecule has 6 heterocycles. The van der Waals surface area contributed by atoms with Gasteiger partial charge < -0.3 is 54.3 Å². The molecular formula is C71H97BrN8O16. The van der Waals surface area contributed by atoms with E-state index in [0.717, 1.165) is 50.1 Å². The maximum atomic E-state index is 12.8. The molecule has 0 bridgehead atoms. The lowest BCUT2D eigenvalue weighted by molar-refractivity contribution is -0.385. The van der Waals surface area contributed by atoms with Crippen LogP contribution >= 0.6 is 15.9 Å². The van der Waals surface area contributed by atoms with Gasteiger partial charge >= 0.3 is 30.2 Å². The van der Waals surface area contributed by atoms with Crippen LogP contribution in [0.2, 0.25) is 0 Å². The minimum atomic E-state index is -0.902. The van der Waals surface area contributed by atoms with Gasteiger partial charge in [-0.3, -0.25) is 39.4 Å². The molecule has 6 aliphatic rings. The van der Waals surface area contributed by atoms with Crippen molar-refractivity contribution in [1.82, 2.24) is 20.0 Å². The second-order valence-electron chi connectivity index (χ2n) is 27.9. The maximum Gasteiger partial charge on any atom is 0.410 e. The summed E-state index contributed by atoms with van der Waals surface area (Å²) in [6.45, 7) is 25.5. The summed E-state index contributed by atoms with van der Waals surface area (Å²) < 4.78 is 26.4. The van der Waals surface area contributed by atoms with Gasteiger partial charge in [-0.15, -0.1) is 0 Å². The zero-order valence-corrected chi connectivity index (χ0v) is 59.1. The molecular weight excluding hydrogens is 1300 g/mol. The molecule has 0 unspecified atom stereocenters. The van der Waals surface area contributed by atoms with Gasteiger partial charge in [0.15, 0.2) is 0 Å². The number of hydrogen-bond donors (Lipinski definition) is 3. The van der Waals surface area contributed by atoms with Crippen LogP contribution < -0.4 is 16.0 Å². The number of piperidine rings is 4. The summed E-state index contributed by atoms with van der Waals surface area (Å²) in [4.78, 5) is 111. The SMILES string of the molecule is CC(C)(C)OC(=O)N1CCC2(CC1)Cc1ccccc1NC2=O.CCOC(=O)C1(Cc2ccccc2[N+](=O)[O-])CCN(C(=O)OC(C)(C)C)CC1.CCOC(=O)C1CCN(C(=O)OC(C)(C)C)CC1.O=C1Nc2ccccc2CC12CCNCC2.O=[N+]([O-])c1ccccc1CBr. The molecule has 4 aromatic rings. The van der Waals surface area contributed by atoms with Crippen molar-refractivity contribution in [2.75, 3.05) is 76.2 Å². The van der Waals surface area contributed by atoms with Crippen molar-refractivity contribution >= 4 is 80.7 Å². The van der Waals surface area contributed by atoms with Gasteiger partial charge in [-0.25, -0.2) is 14.4 Å². The fourth-order valence-corrected chi connectivity index (χ4v) is 12.7. The summed E-state index contributed by atoms with van der Waals surface area (Å²) in [5.41, 5.74) is 2.71. The Balaban J connectivity index is 0.000000195. The molecule has 5 amide bonds. The Hall–Kier alpha value is -8.19. The second-order valence-corrected chi connectivity index (χ2v) is 28.5. The third-order valence-electron chi connectivity index (χ3n) is 17.4. The summed E-state index contributed by atoms with van der Waals surface area (Å²) in [5.74, 6) is -0.310. The molecule has 0 atom stereocenters. The number of nitrogens with zero attached hydrogens (tertiary/aromatic N) is 5. The van der Waals surface area contributed by atoms with Gasteiger partial charge in [0.1, 0.15) is 16.8 Å². The van der Waals surface area contributed by atoms with Crippen molar-refractivity contribution in [3.05, 3.63) is 140 Å². The van der Waals surface area contributed by atoms with E-state index in [1.54, 1.807) is 85.7 Å². The summed E-state index contributed by atoms with van der Waals surface area (Å²) in [6.07, 6.45) is 6.10. The average molecular weight is 1400 g/mol. The number of likely N-dealkylation sites (tertiary alicyclic amines) is 3. The monoisotopic (exact) mass is 1400 g/mol. The number of nitro benzene ring substituents is 2. The van der Waals surface area contributed by atoms with Crippen molar-refractivity contribution in [1.29, 1.82) is 0 Å².